The van der Waals surface area contributed by atoms with Gasteiger partial charge in [0.2, 0.25) is 0 Å². The van der Waals surface area contributed by atoms with Crippen LogP contribution in [0.3, 0.4) is 0 Å². The van der Waals surface area contributed by atoms with Crippen molar-refractivity contribution >= 4 is 6.03 Å². The first-order valence-corrected chi connectivity index (χ1v) is 5.08. The van der Waals surface area contributed by atoms with Crippen molar-refractivity contribution in [2.24, 2.45) is 5.73 Å². The van der Waals surface area contributed by atoms with Gasteiger partial charge in [0.15, 0.2) is 0 Å². The quantitative estimate of drug-likeness (QED) is 0.648. The predicted molar refractivity (Wildman–Crippen MR) is 54.1 cm³/mol. The summed E-state index contributed by atoms with van der Waals surface area (Å²) in [5, 5.41) is 2.76. The number of nitrogens with one attached hydrogen (secondary N) is 1. The summed E-state index contributed by atoms with van der Waals surface area (Å²) in [6.45, 7) is 5.16. The molecule has 0 saturated carbocycles. The molecule has 14 heavy (non-hydrogen) atoms. The summed E-state index contributed by atoms with van der Waals surface area (Å²) in [7, 11) is 0. The van der Waals surface area contributed by atoms with E-state index < -0.39 is 0 Å². The van der Waals surface area contributed by atoms with Gasteiger partial charge >= 0.3 is 6.03 Å². The highest BCUT2D eigenvalue weighted by atomic mass is 16.5. The lowest BCUT2D eigenvalue weighted by molar-refractivity contribution is 0.0711. The number of nitrogens with zero attached hydrogens (tertiary/aromatic N) is 1. The fourth-order valence-corrected chi connectivity index (χ4v) is 1.47. The maximum atomic E-state index is 11.6. The summed E-state index contributed by atoms with van der Waals surface area (Å²) in [6.07, 6.45) is 1.03. The second-order valence-corrected chi connectivity index (χ2v) is 3.50. The third-order valence-corrected chi connectivity index (χ3v) is 2.16. The van der Waals surface area contributed by atoms with Crippen LogP contribution in [0.4, 0.5) is 4.79 Å². The second kappa shape index (κ2) is 5.82. The SMILES string of the molecule is CC1CN(C(=O)NCCN)CCCO1. The van der Waals surface area contributed by atoms with Crippen LogP contribution in [0.2, 0.25) is 0 Å². The number of ether oxygens (including phenoxy) is 1. The predicted octanol–water partition coefficient (Wildman–Crippen LogP) is -0.234. The first kappa shape index (κ1) is 11.3. The van der Waals surface area contributed by atoms with Crippen LogP contribution >= 0.6 is 0 Å². The summed E-state index contributed by atoms with van der Waals surface area (Å²) in [5.41, 5.74) is 5.31. The molecule has 0 aromatic heterocycles. The van der Waals surface area contributed by atoms with Crippen molar-refractivity contribution in [2.75, 3.05) is 32.8 Å². The Morgan fingerprint density at radius 3 is 3.21 bits per heavy atom. The van der Waals surface area contributed by atoms with Crippen LogP contribution in [0.25, 0.3) is 0 Å². The molecule has 1 heterocycles. The number of amides is 2. The summed E-state index contributed by atoms with van der Waals surface area (Å²) < 4.78 is 5.44. The zero-order valence-corrected chi connectivity index (χ0v) is 8.66. The van der Waals surface area contributed by atoms with Crippen LogP contribution in [0.15, 0.2) is 0 Å². The van der Waals surface area contributed by atoms with Crippen LogP contribution in [-0.2, 0) is 4.74 Å². The Balaban J connectivity index is 2.36. The Kier molecular flexibility index (Phi) is 4.69. The van der Waals surface area contributed by atoms with Gasteiger partial charge in [0.05, 0.1) is 6.10 Å². The first-order chi connectivity index (χ1) is 6.74. The molecule has 1 rings (SSSR count). The molecule has 0 bridgehead atoms. The van der Waals surface area contributed by atoms with Crippen LogP contribution in [0.1, 0.15) is 13.3 Å². The molecule has 0 spiro atoms. The van der Waals surface area contributed by atoms with E-state index in [4.69, 9.17) is 10.5 Å². The lowest BCUT2D eigenvalue weighted by Gasteiger charge is -2.22. The van der Waals surface area contributed by atoms with Gasteiger partial charge in [0.1, 0.15) is 0 Å². The Morgan fingerprint density at radius 1 is 1.71 bits per heavy atom. The molecular weight excluding hydrogens is 182 g/mol. The molecule has 1 unspecified atom stereocenters. The Hall–Kier alpha value is -0.810. The van der Waals surface area contributed by atoms with Crippen LogP contribution in [-0.4, -0.2) is 49.8 Å². The summed E-state index contributed by atoms with van der Waals surface area (Å²) >= 11 is 0. The molecule has 1 saturated heterocycles. The zero-order chi connectivity index (χ0) is 10.4. The summed E-state index contributed by atoms with van der Waals surface area (Å²) in [5.74, 6) is 0. The standard InChI is InChI=1S/C9H19N3O2/c1-8-7-12(5-2-6-14-8)9(13)11-4-3-10/h8H,2-7,10H2,1H3,(H,11,13). The average molecular weight is 201 g/mol. The molecule has 0 aromatic carbocycles. The van der Waals surface area contributed by atoms with Gasteiger partial charge in [-0.05, 0) is 13.3 Å². The average Bonchev–Trinajstić information content (AvgIpc) is 2.39. The molecule has 0 aromatic rings. The number of urea groups is 1. The molecule has 5 heteroatoms. The van der Waals surface area contributed by atoms with Crippen molar-refractivity contribution in [1.29, 1.82) is 0 Å². The van der Waals surface area contributed by atoms with Crippen molar-refractivity contribution in [3.05, 3.63) is 0 Å². The van der Waals surface area contributed by atoms with Crippen LogP contribution in [0, 0.1) is 0 Å². The van der Waals surface area contributed by atoms with Gasteiger partial charge in [0, 0.05) is 32.8 Å². The second-order valence-electron chi connectivity index (χ2n) is 3.50. The number of nitrogens with two attached hydrogens (primary N) is 1. The van der Waals surface area contributed by atoms with Gasteiger partial charge in [-0.2, -0.15) is 0 Å². The molecule has 1 atom stereocenters. The van der Waals surface area contributed by atoms with E-state index in [1.54, 1.807) is 4.90 Å². The van der Waals surface area contributed by atoms with E-state index in [1.807, 2.05) is 6.92 Å². The Bertz CT molecular complexity index is 187. The monoisotopic (exact) mass is 201 g/mol. The molecule has 0 radical (unpaired) electrons. The van der Waals surface area contributed by atoms with Crippen LogP contribution in [0.5, 0.6) is 0 Å². The highest BCUT2D eigenvalue weighted by Crippen LogP contribution is 2.04. The van der Waals surface area contributed by atoms with E-state index in [1.165, 1.54) is 0 Å². The Labute approximate surface area is 84.6 Å². The molecule has 5 nitrogen and oxygen atoms in total. The zero-order valence-electron chi connectivity index (χ0n) is 8.66. The molecule has 1 fully saturated rings. The van der Waals surface area contributed by atoms with Crippen molar-refractivity contribution < 1.29 is 9.53 Å². The molecular formula is C9H19N3O2. The highest BCUT2D eigenvalue weighted by molar-refractivity contribution is 5.74. The van der Waals surface area contributed by atoms with Gasteiger partial charge in [-0.1, -0.05) is 0 Å². The minimum absolute atomic E-state index is 0.0344. The van der Waals surface area contributed by atoms with E-state index in [9.17, 15) is 4.79 Å². The lowest BCUT2D eigenvalue weighted by atomic mass is 10.3. The molecule has 3 N–H and O–H groups in total. The van der Waals surface area contributed by atoms with Gasteiger partial charge in [-0.3, -0.25) is 0 Å². The number of rotatable bonds is 2. The van der Waals surface area contributed by atoms with Gasteiger partial charge in [-0.25, -0.2) is 4.79 Å². The van der Waals surface area contributed by atoms with Crippen molar-refractivity contribution in [1.82, 2.24) is 10.2 Å². The van der Waals surface area contributed by atoms with E-state index in [0.717, 1.165) is 19.6 Å². The van der Waals surface area contributed by atoms with Crippen molar-refractivity contribution in [3.8, 4) is 0 Å². The van der Waals surface area contributed by atoms with E-state index in [0.29, 0.717) is 19.6 Å². The Morgan fingerprint density at radius 2 is 2.50 bits per heavy atom. The molecule has 82 valence electrons. The molecule has 1 aliphatic rings. The van der Waals surface area contributed by atoms with E-state index in [2.05, 4.69) is 5.32 Å². The van der Waals surface area contributed by atoms with Crippen molar-refractivity contribution in [2.45, 2.75) is 19.4 Å². The molecule has 2 amide bonds. The van der Waals surface area contributed by atoms with Gasteiger partial charge in [-0.15, -0.1) is 0 Å². The largest absolute Gasteiger partial charge is 0.377 e. The normalized spacial score (nSPS) is 23.0. The smallest absolute Gasteiger partial charge is 0.317 e. The number of hydrogen-bond donors (Lipinski definition) is 2. The topological polar surface area (TPSA) is 67.6 Å². The van der Waals surface area contributed by atoms with E-state index >= 15 is 0 Å². The van der Waals surface area contributed by atoms with Gasteiger partial charge in [0.25, 0.3) is 0 Å². The van der Waals surface area contributed by atoms with E-state index in [-0.39, 0.29) is 12.1 Å². The third kappa shape index (κ3) is 3.51. The first-order valence-electron chi connectivity index (χ1n) is 5.08. The summed E-state index contributed by atoms with van der Waals surface area (Å²) in [6, 6.07) is -0.0344. The maximum Gasteiger partial charge on any atom is 0.317 e. The minimum Gasteiger partial charge on any atom is -0.377 e. The fraction of sp³-hybridized carbons (Fsp3) is 0.889. The fourth-order valence-electron chi connectivity index (χ4n) is 1.47. The van der Waals surface area contributed by atoms with Crippen LogP contribution < -0.4 is 11.1 Å². The van der Waals surface area contributed by atoms with Gasteiger partial charge < -0.3 is 20.7 Å². The molecule has 1 aliphatic heterocycles. The number of hydrogen-bond acceptors (Lipinski definition) is 3. The van der Waals surface area contributed by atoms with Crippen molar-refractivity contribution in [3.63, 3.8) is 0 Å². The third-order valence-electron chi connectivity index (χ3n) is 2.16. The number of carbonyl (C=O) groups is 1. The highest BCUT2D eigenvalue weighted by Gasteiger charge is 2.18. The number of carbonyl (C=O) groups excluding carboxylic acids is 1. The maximum absolute atomic E-state index is 11.6. The minimum atomic E-state index is -0.0344. The summed E-state index contributed by atoms with van der Waals surface area (Å²) in [4.78, 5) is 13.3. The lowest BCUT2D eigenvalue weighted by Crippen LogP contribution is -2.44. The molecule has 0 aliphatic carbocycles.